The first-order chi connectivity index (χ1) is 5.63. The van der Waals surface area contributed by atoms with Crippen LogP contribution in [0.4, 0.5) is 0 Å². The summed E-state index contributed by atoms with van der Waals surface area (Å²) in [6, 6.07) is 0. The number of hydrogen-bond acceptors (Lipinski definition) is 2. The van der Waals surface area contributed by atoms with E-state index in [0.29, 0.717) is 12.8 Å². The van der Waals surface area contributed by atoms with Crippen LogP contribution >= 0.6 is 0 Å². The number of aliphatic hydroxyl groups excluding tert-OH is 1. The van der Waals surface area contributed by atoms with Crippen molar-refractivity contribution in [1.29, 1.82) is 0 Å². The standard InChI is InChI=1S/C9H18O3/c1-3-5-6-7(9(11)12)8(10)4-2/h7-8,10H,3-6H2,1-2H3,(H,11,12)/t7-,8-/m1/s1. The number of carbonyl (C=O) groups is 1. The van der Waals surface area contributed by atoms with Crippen molar-refractivity contribution in [2.24, 2.45) is 5.92 Å². The molecule has 0 aliphatic heterocycles. The summed E-state index contributed by atoms with van der Waals surface area (Å²) in [6.07, 6.45) is 2.25. The van der Waals surface area contributed by atoms with Gasteiger partial charge in [0.1, 0.15) is 0 Å². The van der Waals surface area contributed by atoms with Gasteiger partial charge in [0.15, 0.2) is 0 Å². The lowest BCUT2D eigenvalue weighted by molar-refractivity contribution is -0.146. The van der Waals surface area contributed by atoms with Crippen LogP contribution in [0.15, 0.2) is 0 Å². The van der Waals surface area contributed by atoms with Crippen molar-refractivity contribution in [2.75, 3.05) is 0 Å². The van der Waals surface area contributed by atoms with Crippen LogP contribution in [0.1, 0.15) is 39.5 Å². The fraction of sp³-hybridized carbons (Fsp3) is 0.889. The molecule has 12 heavy (non-hydrogen) atoms. The van der Waals surface area contributed by atoms with Gasteiger partial charge in [0.25, 0.3) is 0 Å². The van der Waals surface area contributed by atoms with Crippen molar-refractivity contribution in [3.63, 3.8) is 0 Å². The monoisotopic (exact) mass is 174 g/mol. The highest BCUT2D eigenvalue weighted by Crippen LogP contribution is 2.15. The zero-order chi connectivity index (χ0) is 9.56. The van der Waals surface area contributed by atoms with Gasteiger partial charge >= 0.3 is 5.97 Å². The molecule has 2 N–H and O–H groups in total. The molecule has 0 amide bonds. The highest BCUT2D eigenvalue weighted by Gasteiger charge is 2.23. The van der Waals surface area contributed by atoms with Crippen molar-refractivity contribution in [3.8, 4) is 0 Å². The summed E-state index contributed by atoms with van der Waals surface area (Å²) in [5.41, 5.74) is 0. The van der Waals surface area contributed by atoms with E-state index in [2.05, 4.69) is 0 Å². The Balaban J connectivity index is 3.94. The first kappa shape index (κ1) is 11.4. The van der Waals surface area contributed by atoms with E-state index in [0.717, 1.165) is 12.8 Å². The summed E-state index contributed by atoms with van der Waals surface area (Å²) in [4.78, 5) is 10.6. The van der Waals surface area contributed by atoms with E-state index in [1.54, 1.807) is 6.92 Å². The molecule has 0 unspecified atom stereocenters. The fourth-order valence-corrected chi connectivity index (χ4v) is 1.19. The largest absolute Gasteiger partial charge is 0.481 e. The van der Waals surface area contributed by atoms with Crippen LogP contribution in [0.5, 0.6) is 0 Å². The van der Waals surface area contributed by atoms with Crippen LogP contribution in [-0.4, -0.2) is 22.3 Å². The lowest BCUT2D eigenvalue weighted by Crippen LogP contribution is -2.27. The summed E-state index contributed by atoms with van der Waals surface area (Å²) in [6.45, 7) is 3.81. The number of hydrogen-bond donors (Lipinski definition) is 2. The molecule has 0 aromatic carbocycles. The van der Waals surface area contributed by atoms with E-state index >= 15 is 0 Å². The smallest absolute Gasteiger partial charge is 0.309 e. The van der Waals surface area contributed by atoms with Crippen LogP contribution in [0.2, 0.25) is 0 Å². The lowest BCUT2D eigenvalue weighted by Gasteiger charge is -2.16. The Labute approximate surface area is 73.4 Å². The average Bonchev–Trinajstić information content (AvgIpc) is 2.04. The van der Waals surface area contributed by atoms with Gasteiger partial charge in [0.05, 0.1) is 12.0 Å². The van der Waals surface area contributed by atoms with E-state index in [9.17, 15) is 9.90 Å². The van der Waals surface area contributed by atoms with Crippen molar-refractivity contribution in [2.45, 2.75) is 45.6 Å². The van der Waals surface area contributed by atoms with Crippen LogP contribution in [0.25, 0.3) is 0 Å². The van der Waals surface area contributed by atoms with Crippen molar-refractivity contribution < 1.29 is 15.0 Å². The minimum Gasteiger partial charge on any atom is -0.481 e. The van der Waals surface area contributed by atoms with Gasteiger partial charge in [-0.15, -0.1) is 0 Å². The predicted octanol–water partition coefficient (Wildman–Crippen LogP) is 1.65. The molecule has 0 aliphatic rings. The highest BCUT2D eigenvalue weighted by atomic mass is 16.4. The van der Waals surface area contributed by atoms with Gasteiger partial charge in [-0.25, -0.2) is 0 Å². The molecule has 3 nitrogen and oxygen atoms in total. The summed E-state index contributed by atoms with van der Waals surface area (Å²) in [5.74, 6) is -1.45. The highest BCUT2D eigenvalue weighted by molar-refractivity contribution is 5.70. The van der Waals surface area contributed by atoms with Crippen LogP contribution in [0, 0.1) is 5.92 Å². The molecule has 0 spiro atoms. The second-order valence-corrected chi connectivity index (χ2v) is 3.06. The van der Waals surface area contributed by atoms with Crippen LogP contribution in [0.3, 0.4) is 0 Å². The fourth-order valence-electron chi connectivity index (χ4n) is 1.19. The second-order valence-electron chi connectivity index (χ2n) is 3.06. The second kappa shape index (κ2) is 6.00. The molecule has 0 fully saturated rings. The molecule has 0 saturated carbocycles. The van der Waals surface area contributed by atoms with Gasteiger partial charge in [-0.2, -0.15) is 0 Å². The van der Waals surface area contributed by atoms with Gasteiger partial charge in [-0.05, 0) is 12.8 Å². The van der Waals surface area contributed by atoms with Gasteiger partial charge in [0.2, 0.25) is 0 Å². The topological polar surface area (TPSA) is 57.5 Å². The quantitative estimate of drug-likeness (QED) is 0.643. The molecule has 0 rings (SSSR count). The third-order valence-electron chi connectivity index (χ3n) is 2.07. The summed E-state index contributed by atoms with van der Waals surface area (Å²) >= 11 is 0. The number of carboxylic acids is 1. The Hall–Kier alpha value is -0.570. The molecule has 0 heterocycles. The van der Waals surface area contributed by atoms with Gasteiger partial charge in [-0.3, -0.25) is 4.79 Å². The molecule has 72 valence electrons. The van der Waals surface area contributed by atoms with Crippen LogP contribution in [-0.2, 0) is 4.79 Å². The van der Waals surface area contributed by atoms with E-state index in [1.165, 1.54) is 0 Å². The summed E-state index contributed by atoms with van der Waals surface area (Å²) < 4.78 is 0. The molecule has 0 bridgehead atoms. The molecule has 2 atom stereocenters. The normalized spacial score (nSPS) is 15.6. The molecular weight excluding hydrogens is 156 g/mol. The van der Waals surface area contributed by atoms with Crippen LogP contribution < -0.4 is 0 Å². The van der Waals surface area contributed by atoms with Gasteiger partial charge < -0.3 is 10.2 Å². The van der Waals surface area contributed by atoms with E-state index in [4.69, 9.17) is 5.11 Å². The average molecular weight is 174 g/mol. The number of aliphatic hydroxyl groups is 1. The Kier molecular flexibility index (Phi) is 5.72. The molecule has 0 saturated heterocycles. The number of unbranched alkanes of at least 4 members (excludes halogenated alkanes) is 1. The van der Waals surface area contributed by atoms with E-state index < -0.39 is 18.0 Å². The Morgan fingerprint density at radius 1 is 1.42 bits per heavy atom. The zero-order valence-corrected chi connectivity index (χ0v) is 7.79. The zero-order valence-electron chi connectivity index (χ0n) is 7.79. The molecule has 0 aromatic heterocycles. The van der Waals surface area contributed by atoms with Crippen molar-refractivity contribution in [1.82, 2.24) is 0 Å². The first-order valence-corrected chi connectivity index (χ1v) is 4.54. The molecular formula is C9H18O3. The maximum atomic E-state index is 10.6. The lowest BCUT2D eigenvalue weighted by atomic mass is 9.95. The Morgan fingerprint density at radius 3 is 2.33 bits per heavy atom. The maximum Gasteiger partial charge on any atom is 0.309 e. The van der Waals surface area contributed by atoms with Gasteiger partial charge in [0, 0.05) is 0 Å². The molecule has 0 radical (unpaired) electrons. The van der Waals surface area contributed by atoms with E-state index in [1.807, 2.05) is 6.92 Å². The predicted molar refractivity (Wildman–Crippen MR) is 46.9 cm³/mol. The first-order valence-electron chi connectivity index (χ1n) is 4.54. The van der Waals surface area contributed by atoms with E-state index in [-0.39, 0.29) is 0 Å². The SMILES string of the molecule is CCCC[C@@H](C(=O)O)[C@H](O)CC. The Morgan fingerprint density at radius 2 is 2.00 bits per heavy atom. The molecule has 0 aromatic rings. The minimum absolute atomic E-state index is 0.515. The number of carboxylic acid groups (broad SMARTS) is 1. The number of aliphatic carboxylic acids is 1. The molecule has 3 heteroatoms. The third-order valence-corrected chi connectivity index (χ3v) is 2.07. The minimum atomic E-state index is -0.877. The summed E-state index contributed by atoms with van der Waals surface area (Å²) in [7, 11) is 0. The van der Waals surface area contributed by atoms with Crippen molar-refractivity contribution >= 4 is 5.97 Å². The Bertz CT molecular complexity index is 134. The van der Waals surface area contributed by atoms with Gasteiger partial charge in [-0.1, -0.05) is 26.7 Å². The molecule has 0 aliphatic carbocycles. The maximum absolute atomic E-state index is 10.6. The third kappa shape index (κ3) is 3.72. The van der Waals surface area contributed by atoms with Crippen molar-refractivity contribution in [3.05, 3.63) is 0 Å². The summed E-state index contributed by atoms with van der Waals surface area (Å²) in [5, 5.41) is 18.1. The number of rotatable bonds is 6.